The summed E-state index contributed by atoms with van der Waals surface area (Å²) in [5.74, 6) is 0. The normalized spacial score (nSPS) is 12.0. The minimum absolute atomic E-state index is 0.388. The monoisotopic (exact) mass is 278 g/mol. The van der Waals surface area contributed by atoms with Crippen LogP contribution in [0.4, 0.5) is 13.2 Å². The summed E-state index contributed by atoms with van der Waals surface area (Å²) in [6.07, 6.45) is -1.09. The second kappa shape index (κ2) is 4.29. The zero-order chi connectivity index (χ0) is 14.3. The molecular formula is C13H9F3N4. The van der Waals surface area contributed by atoms with Gasteiger partial charge in [-0.05, 0) is 19.1 Å². The average Bonchev–Trinajstić information content (AvgIpc) is 2.76. The summed E-state index contributed by atoms with van der Waals surface area (Å²) in [5, 5.41) is 4.15. The molecule has 0 bridgehead atoms. The molecule has 0 N–H and O–H groups in total. The van der Waals surface area contributed by atoms with E-state index in [1.165, 1.54) is 0 Å². The lowest BCUT2D eigenvalue weighted by Gasteiger charge is -2.05. The second-order valence-electron chi connectivity index (χ2n) is 4.30. The molecule has 102 valence electrons. The van der Waals surface area contributed by atoms with Crippen LogP contribution in [0.1, 0.15) is 11.1 Å². The van der Waals surface area contributed by atoms with Gasteiger partial charge in [0.1, 0.15) is 5.69 Å². The molecule has 3 heterocycles. The summed E-state index contributed by atoms with van der Waals surface area (Å²) in [5.41, 5.74) is 1.37. The van der Waals surface area contributed by atoms with Gasteiger partial charge in [0.25, 0.3) is 0 Å². The van der Waals surface area contributed by atoms with Crippen molar-refractivity contribution < 1.29 is 13.2 Å². The standard InChI is InChI=1S/C13H9F3N4/c1-8-11(10-4-2-3-5-17-10)19-20-7-9(13(14,15)16)6-18-12(8)20/h2-7H,1H3. The van der Waals surface area contributed by atoms with Crippen LogP contribution in [0, 0.1) is 6.92 Å². The highest BCUT2D eigenvalue weighted by Gasteiger charge is 2.32. The van der Waals surface area contributed by atoms with E-state index < -0.39 is 11.7 Å². The maximum atomic E-state index is 12.7. The molecule has 0 atom stereocenters. The summed E-state index contributed by atoms with van der Waals surface area (Å²) in [7, 11) is 0. The van der Waals surface area contributed by atoms with Crippen molar-refractivity contribution >= 4 is 5.65 Å². The Bertz CT molecular complexity index is 762. The Hall–Kier alpha value is -2.44. The largest absolute Gasteiger partial charge is 0.419 e. The lowest BCUT2D eigenvalue weighted by atomic mass is 10.2. The third kappa shape index (κ3) is 2.01. The van der Waals surface area contributed by atoms with E-state index in [1.807, 2.05) is 0 Å². The van der Waals surface area contributed by atoms with Gasteiger partial charge >= 0.3 is 6.18 Å². The van der Waals surface area contributed by atoms with Crippen molar-refractivity contribution in [1.29, 1.82) is 0 Å². The van der Waals surface area contributed by atoms with Crippen LogP contribution in [0.5, 0.6) is 0 Å². The molecule has 7 heteroatoms. The Morgan fingerprint density at radius 2 is 1.95 bits per heavy atom. The molecule has 4 nitrogen and oxygen atoms in total. The number of pyridine rings is 1. The van der Waals surface area contributed by atoms with Gasteiger partial charge in [0.15, 0.2) is 5.65 Å². The van der Waals surface area contributed by atoms with E-state index in [0.29, 0.717) is 22.6 Å². The molecule has 0 aliphatic rings. The lowest BCUT2D eigenvalue weighted by molar-refractivity contribution is -0.138. The number of alkyl halides is 3. The summed E-state index contributed by atoms with van der Waals surface area (Å²) >= 11 is 0. The molecule has 0 fully saturated rings. The Labute approximate surface area is 111 Å². The molecule has 0 radical (unpaired) electrons. The first-order valence-corrected chi connectivity index (χ1v) is 5.80. The number of hydrogen-bond acceptors (Lipinski definition) is 3. The molecule has 0 aliphatic heterocycles. The highest BCUT2D eigenvalue weighted by molar-refractivity contribution is 5.67. The fourth-order valence-electron chi connectivity index (χ4n) is 1.94. The van der Waals surface area contributed by atoms with Crippen LogP contribution in [0.3, 0.4) is 0 Å². The molecule has 0 saturated heterocycles. The highest BCUT2D eigenvalue weighted by Crippen LogP contribution is 2.30. The molecule has 0 saturated carbocycles. The number of aryl methyl sites for hydroxylation is 1. The third-order valence-electron chi connectivity index (χ3n) is 2.94. The average molecular weight is 278 g/mol. The minimum Gasteiger partial charge on any atom is -0.255 e. The van der Waals surface area contributed by atoms with Gasteiger partial charge in [0, 0.05) is 24.2 Å². The molecule has 0 amide bonds. The molecule has 0 aromatic carbocycles. The van der Waals surface area contributed by atoms with E-state index in [2.05, 4.69) is 15.1 Å². The Kier molecular flexibility index (Phi) is 2.70. The summed E-state index contributed by atoms with van der Waals surface area (Å²) in [6.45, 7) is 1.76. The first kappa shape index (κ1) is 12.6. The Morgan fingerprint density at radius 1 is 1.15 bits per heavy atom. The van der Waals surface area contributed by atoms with Gasteiger partial charge in [-0.1, -0.05) is 6.07 Å². The summed E-state index contributed by atoms with van der Waals surface area (Å²) in [4.78, 5) is 8.00. The fraction of sp³-hybridized carbons (Fsp3) is 0.154. The molecular weight excluding hydrogens is 269 g/mol. The maximum absolute atomic E-state index is 12.7. The van der Waals surface area contributed by atoms with Crippen molar-refractivity contribution in [3.8, 4) is 11.4 Å². The van der Waals surface area contributed by atoms with Crippen LogP contribution in [0.2, 0.25) is 0 Å². The topological polar surface area (TPSA) is 43.1 Å². The van der Waals surface area contributed by atoms with Crippen LogP contribution in [0.25, 0.3) is 17.0 Å². The van der Waals surface area contributed by atoms with Crippen molar-refractivity contribution in [3.05, 3.63) is 47.9 Å². The van der Waals surface area contributed by atoms with Crippen molar-refractivity contribution in [3.63, 3.8) is 0 Å². The number of halogens is 3. The van der Waals surface area contributed by atoms with E-state index in [0.717, 1.165) is 16.9 Å². The summed E-state index contributed by atoms with van der Waals surface area (Å²) in [6, 6.07) is 5.30. The molecule has 3 rings (SSSR count). The Balaban J connectivity index is 2.20. The summed E-state index contributed by atoms with van der Waals surface area (Å²) < 4.78 is 39.1. The minimum atomic E-state index is -4.44. The molecule has 20 heavy (non-hydrogen) atoms. The van der Waals surface area contributed by atoms with Crippen LogP contribution in [0.15, 0.2) is 36.8 Å². The van der Waals surface area contributed by atoms with Crippen LogP contribution in [-0.2, 0) is 6.18 Å². The van der Waals surface area contributed by atoms with Gasteiger partial charge in [-0.2, -0.15) is 18.3 Å². The quantitative estimate of drug-likeness (QED) is 0.687. The molecule has 3 aromatic heterocycles. The van der Waals surface area contributed by atoms with Gasteiger partial charge in [0.05, 0.1) is 11.3 Å². The maximum Gasteiger partial charge on any atom is 0.419 e. The van der Waals surface area contributed by atoms with Crippen LogP contribution in [-0.4, -0.2) is 19.6 Å². The van der Waals surface area contributed by atoms with Crippen molar-refractivity contribution in [2.45, 2.75) is 13.1 Å². The van der Waals surface area contributed by atoms with Gasteiger partial charge in [-0.3, -0.25) is 4.98 Å². The van der Waals surface area contributed by atoms with E-state index >= 15 is 0 Å². The molecule has 0 spiro atoms. The molecule has 0 unspecified atom stereocenters. The predicted molar refractivity (Wildman–Crippen MR) is 66.0 cm³/mol. The van der Waals surface area contributed by atoms with E-state index in [9.17, 15) is 13.2 Å². The zero-order valence-electron chi connectivity index (χ0n) is 10.4. The van der Waals surface area contributed by atoms with Crippen LogP contribution < -0.4 is 0 Å². The lowest BCUT2D eigenvalue weighted by Crippen LogP contribution is -2.07. The number of aromatic nitrogens is 4. The number of nitrogens with zero attached hydrogens (tertiary/aromatic N) is 4. The Morgan fingerprint density at radius 3 is 2.60 bits per heavy atom. The van der Waals surface area contributed by atoms with Crippen molar-refractivity contribution in [1.82, 2.24) is 19.6 Å². The van der Waals surface area contributed by atoms with Crippen molar-refractivity contribution in [2.75, 3.05) is 0 Å². The van der Waals surface area contributed by atoms with Crippen LogP contribution >= 0.6 is 0 Å². The highest BCUT2D eigenvalue weighted by atomic mass is 19.4. The predicted octanol–water partition coefficient (Wildman–Crippen LogP) is 3.12. The van der Waals surface area contributed by atoms with Gasteiger partial charge in [0.2, 0.25) is 0 Å². The zero-order valence-corrected chi connectivity index (χ0v) is 10.4. The van der Waals surface area contributed by atoms with Gasteiger partial charge in [-0.15, -0.1) is 0 Å². The SMILES string of the molecule is Cc1c(-c2ccccn2)nn2cc(C(F)(F)F)cnc12. The number of fused-ring (bicyclic) bond motifs is 1. The number of hydrogen-bond donors (Lipinski definition) is 0. The van der Waals surface area contributed by atoms with Gasteiger partial charge < -0.3 is 0 Å². The fourth-order valence-corrected chi connectivity index (χ4v) is 1.94. The smallest absolute Gasteiger partial charge is 0.255 e. The molecule has 0 aliphatic carbocycles. The first-order chi connectivity index (χ1) is 9.47. The number of rotatable bonds is 1. The van der Waals surface area contributed by atoms with E-state index in [-0.39, 0.29) is 0 Å². The first-order valence-electron chi connectivity index (χ1n) is 5.80. The van der Waals surface area contributed by atoms with Crippen molar-refractivity contribution in [2.24, 2.45) is 0 Å². The second-order valence-corrected chi connectivity index (χ2v) is 4.30. The van der Waals surface area contributed by atoms with E-state index in [1.54, 1.807) is 31.3 Å². The molecule has 3 aromatic rings. The van der Waals surface area contributed by atoms with Gasteiger partial charge in [-0.25, -0.2) is 9.50 Å². The third-order valence-corrected chi connectivity index (χ3v) is 2.94. The van der Waals surface area contributed by atoms with E-state index in [4.69, 9.17) is 0 Å².